The first-order valence-electron chi connectivity index (χ1n) is 5.88. The number of rotatable bonds is 2. The van der Waals surface area contributed by atoms with Crippen molar-refractivity contribution in [1.82, 2.24) is 9.97 Å². The van der Waals surface area contributed by atoms with Crippen LogP contribution in [-0.4, -0.2) is 9.97 Å². The molecule has 1 heterocycles. The van der Waals surface area contributed by atoms with E-state index in [1.165, 1.54) is 0 Å². The smallest absolute Gasteiger partial charge is 0.174 e. The summed E-state index contributed by atoms with van der Waals surface area (Å²) in [7, 11) is 0. The average molecular weight is 394 g/mol. The van der Waals surface area contributed by atoms with E-state index in [2.05, 4.69) is 47.1 Å². The molecule has 0 aliphatic heterocycles. The van der Waals surface area contributed by atoms with Gasteiger partial charge in [-0.2, -0.15) is 0 Å². The minimum absolute atomic E-state index is 0.367. The molecule has 0 bridgehead atoms. The molecular weight excluding hydrogens is 384 g/mol. The van der Waals surface area contributed by atoms with E-state index >= 15 is 0 Å². The van der Waals surface area contributed by atoms with Crippen LogP contribution < -0.4 is 11.1 Å². The Morgan fingerprint density at radius 1 is 0.850 bits per heavy atom. The maximum Gasteiger partial charge on any atom is 0.174 e. The zero-order valence-corrected chi connectivity index (χ0v) is 13.4. The number of hydrogen-bond donors (Lipinski definition) is 2. The van der Waals surface area contributed by atoms with Gasteiger partial charge in [0.2, 0.25) is 0 Å². The number of nitrogens with one attached hydrogen (secondary N) is 1. The second-order valence-corrected chi connectivity index (χ2v) is 5.88. The van der Waals surface area contributed by atoms with E-state index in [4.69, 9.17) is 5.73 Å². The van der Waals surface area contributed by atoms with Gasteiger partial charge in [0, 0.05) is 8.95 Å². The molecule has 3 rings (SSSR count). The number of aromatic nitrogens is 2. The Kier molecular flexibility index (Phi) is 3.58. The van der Waals surface area contributed by atoms with Crippen LogP contribution in [-0.2, 0) is 0 Å². The molecule has 6 heteroatoms. The van der Waals surface area contributed by atoms with Crippen molar-refractivity contribution in [3.05, 3.63) is 51.4 Å². The second kappa shape index (κ2) is 5.38. The number of anilines is 3. The molecule has 0 radical (unpaired) electrons. The standard InChI is InChI=1S/C14H10Br2N4/c15-8-4-3-5-9(16)12(8)20-14-13(17)18-10-6-1-2-7-11(10)19-14/h1-7H,(H2,17,18)(H,19,20). The zero-order chi connectivity index (χ0) is 14.1. The SMILES string of the molecule is Nc1nc2ccccc2nc1Nc1c(Br)cccc1Br. The number of halogens is 2. The maximum absolute atomic E-state index is 5.97. The summed E-state index contributed by atoms with van der Waals surface area (Å²) in [6.07, 6.45) is 0. The molecule has 100 valence electrons. The van der Waals surface area contributed by atoms with Crippen LogP contribution >= 0.6 is 31.9 Å². The van der Waals surface area contributed by atoms with Crippen LogP contribution in [0.4, 0.5) is 17.3 Å². The van der Waals surface area contributed by atoms with Crippen LogP contribution in [0.2, 0.25) is 0 Å². The van der Waals surface area contributed by atoms with Gasteiger partial charge in [0.1, 0.15) is 0 Å². The summed E-state index contributed by atoms with van der Waals surface area (Å²) < 4.78 is 1.84. The summed E-state index contributed by atoms with van der Waals surface area (Å²) in [5.41, 5.74) is 8.41. The highest BCUT2D eigenvalue weighted by molar-refractivity contribution is 9.11. The highest BCUT2D eigenvalue weighted by Gasteiger charge is 2.10. The molecule has 20 heavy (non-hydrogen) atoms. The predicted molar refractivity (Wildman–Crippen MR) is 89.1 cm³/mol. The highest BCUT2D eigenvalue weighted by Crippen LogP contribution is 2.34. The third-order valence-electron chi connectivity index (χ3n) is 2.80. The topological polar surface area (TPSA) is 63.8 Å². The third-order valence-corrected chi connectivity index (χ3v) is 4.13. The molecule has 0 aliphatic carbocycles. The number of para-hydroxylation sites is 3. The number of benzene rings is 2. The van der Waals surface area contributed by atoms with Gasteiger partial charge in [0.05, 0.1) is 16.7 Å². The van der Waals surface area contributed by atoms with E-state index in [0.29, 0.717) is 11.6 Å². The largest absolute Gasteiger partial charge is 0.381 e. The summed E-state index contributed by atoms with van der Waals surface area (Å²) in [5.74, 6) is 0.905. The lowest BCUT2D eigenvalue weighted by Crippen LogP contribution is -2.03. The molecule has 0 aliphatic rings. The highest BCUT2D eigenvalue weighted by atomic mass is 79.9. The number of hydrogen-bond acceptors (Lipinski definition) is 4. The van der Waals surface area contributed by atoms with E-state index in [-0.39, 0.29) is 0 Å². The van der Waals surface area contributed by atoms with Crippen LogP contribution in [0.3, 0.4) is 0 Å². The predicted octanol–water partition coefficient (Wildman–Crippen LogP) is 4.48. The van der Waals surface area contributed by atoms with Crippen molar-refractivity contribution in [2.75, 3.05) is 11.1 Å². The minimum atomic E-state index is 0.367. The summed E-state index contributed by atoms with van der Waals surface area (Å²) in [5, 5.41) is 3.21. The summed E-state index contributed by atoms with van der Waals surface area (Å²) in [6, 6.07) is 13.4. The molecule has 0 fully saturated rings. The van der Waals surface area contributed by atoms with E-state index in [1.54, 1.807) is 0 Å². The van der Waals surface area contributed by atoms with Gasteiger partial charge in [-0.3, -0.25) is 0 Å². The number of nitrogen functional groups attached to an aromatic ring is 1. The van der Waals surface area contributed by atoms with Crippen LogP contribution in [0.1, 0.15) is 0 Å². The lowest BCUT2D eigenvalue weighted by molar-refractivity contribution is 1.28. The van der Waals surface area contributed by atoms with Gasteiger partial charge in [-0.1, -0.05) is 18.2 Å². The summed E-state index contributed by atoms with van der Waals surface area (Å²) in [6.45, 7) is 0. The van der Waals surface area contributed by atoms with E-state index in [0.717, 1.165) is 25.7 Å². The summed E-state index contributed by atoms with van der Waals surface area (Å²) in [4.78, 5) is 8.87. The molecule has 0 saturated carbocycles. The molecular formula is C14H10Br2N4. The second-order valence-electron chi connectivity index (χ2n) is 4.17. The quantitative estimate of drug-likeness (QED) is 0.673. The fraction of sp³-hybridized carbons (Fsp3) is 0. The van der Waals surface area contributed by atoms with Crippen molar-refractivity contribution >= 4 is 60.2 Å². The first kappa shape index (κ1) is 13.3. The molecule has 0 saturated heterocycles. The van der Waals surface area contributed by atoms with Crippen molar-refractivity contribution < 1.29 is 0 Å². The van der Waals surface area contributed by atoms with Gasteiger partial charge in [-0.05, 0) is 56.1 Å². The van der Waals surface area contributed by atoms with E-state index in [1.807, 2.05) is 42.5 Å². The third kappa shape index (κ3) is 2.48. The number of fused-ring (bicyclic) bond motifs is 1. The zero-order valence-electron chi connectivity index (χ0n) is 10.3. The molecule has 3 N–H and O–H groups in total. The van der Waals surface area contributed by atoms with Crippen molar-refractivity contribution in [3.63, 3.8) is 0 Å². The van der Waals surface area contributed by atoms with E-state index in [9.17, 15) is 0 Å². The maximum atomic E-state index is 5.97. The monoisotopic (exact) mass is 392 g/mol. The minimum Gasteiger partial charge on any atom is -0.381 e. The van der Waals surface area contributed by atoms with Crippen LogP contribution in [0.25, 0.3) is 11.0 Å². The molecule has 4 nitrogen and oxygen atoms in total. The van der Waals surface area contributed by atoms with Gasteiger partial charge < -0.3 is 11.1 Å². The number of nitrogens with two attached hydrogens (primary N) is 1. The fourth-order valence-corrected chi connectivity index (χ4v) is 3.04. The first-order chi connectivity index (χ1) is 9.65. The Bertz CT molecular complexity index is 769. The van der Waals surface area contributed by atoms with E-state index < -0.39 is 0 Å². The molecule has 3 aromatic rings. The van der Waals surface area contributed by atoms with Crippen molar-refractivity contribution in [2.24, 2.45) is 0 Å². The van der Waals surface area contributed by atoms with Crippen LogP contribution in [0, 0.1) is 0 Å². The fourth-order valence-electron chi connectivity index (χ4n) is 1.84. The Hall–Kier alpha value is -1.66. The van der Waals surface area contributed by atoms with Gasteiger partial charge in [0.25, 0.3) is 0 Å². The van der Waals surface area contributed by atoms with Gasteiger partial charge in [-0.25, -0.2) is 9.97 Å². The average Bonchev–Trinajstić information content (AvgIpc) is 2.43. The lowest BCUT2D eigenvalue weighted by atomic mass is 10.3. The lowest BCUT2D eigenvalue weighted by Gasteiger charge is -2.12. The molecule has 2 aromatic carbocycles. The normalized spacial score (nSPS) is 10.7. The van der Waals surface area contributed by atoms with Gasteiger partial charge >= 0.3 is 0 Å². The molecule has 0 amide bonds. The van der Waals surface area contributed by atoms with Gasteiger partial charge in [0.15, 0.2) is 11.6 Å². The molecule has 1 aromatic heterocycles. The molecule has 0 unspecified atom stereocenters. The van der Waals surface area contributed by atoms with Crippen molar-refractivity contribution in [3.8, 4) is 0 Å². The van der Waals surface area contributed by atoms with Crippen molar-refractivity contribution in [2.45, 2.75) is 0 Å². The molecule has 0 spiro atoms. The molecule has 0 atom stereocenters. The summed E-state index contributed by atoms with van der Waals surface area (Å²) >= 11 is 6.99. The Labute approximate surface area is 132 Å². The van der Waals surface area contributed by atoms with Crippen molar-refractivity contribution in [1.29, 1.82) is 0 Å². The Balaban J connectivity index is 2.09. The Morgan fingerprint density at radius 3 is 2.10 bits per heavy atom. The Morgan fingerprint density at radius 2 is 1.45 bits per heavy atom. The first-order valence-corrected chi connectivity index (χ1v) is 7.47. The van der Waals surface area contributed by atoms with Crippen LogP contribution in [0.15, 0.2) is 51.4 Å². The number of nitrogens with zero attached hydrogens (tertiary/aromatic N) is 2. The van der Waals surface area contributed by atoms with Gasteiger partial charge in [-0.15, -0.1) is 0 Å². The van der Waals surface area contributed by atoms with Crippen LogP contribution in [0.5, 0.6) is 0 Å².